The highest BCUT2D eigenvalue weighted by Gasteiger charge is 2.20. The Kier molecular flexibility index (Phi) is 6.04. The number of alkyl halides is 2. The number of hydrogen-bond acceptors (Lipinski definition) is 6. The third-order valence-electron chi connectivity index (χ3n) is 2.40. The maximum Gasteiger partial charge on any atom is 0.311 e. The minimum absolute atomic E-state index is 0.157. The molecule has 0 aliphatic carbocycles. The van der Waals surface area contributed by atoms with Gasteiger partial charge in [-0.15, -0.1) is 0 Å². The number of nitrogens with one attached hydrogen (secondary N) is 2. The lowest BCUT2D eigenvalue weighted by atomic mass is 10.3. The standard InChI is InChI=1S/C11H16F2N4O3/c1-2-5-14-9-4-3-7(17(19)20)11(16-9)15-6-8(18)10(12)13/h3-4,8,10,18H,2,5-6H2,1H3,(H2,14,15,16). The van der Waals surface area contributed by atoms with Gasteiger partial charge in [0.15, 0.2) is 0 Å². The van der Waals surface area contributed by atoms with Crippen LogP contribution in [0.4, 0.5) is 26.1 Å². The van der Waals surface area contributed by atoms with Crippen LogP contribution in [0, 0.1) is 10.1 Å². The summed E-state index contributed by atoms with van der Waals surface area (Å²) in [6.07, 6.45) is -4.00. The van der Waals surface area contributed by atoms with Crippen molar-refractivity contribution in [1.82, 2.24) is 4.98 Å². The van der Waals surface area contributed by atoms with Crippen LogP contribution >= 0.6 is 0 Å². The number of nitrogens with zero attached hydrogens (tertiary/aromatic N) is 2. The average molecular weight is 290 g/mol. The van der Waals surface area contributed by atoms with Gasteiger partial charge in [-0.1, -0.05) is 6.92 Å². The van der Waals surface area contributed by atoms with Crippen molar-refractivity contribution in [2.75, 3.05) is 23.7 Å². The van der Waals surface area contributed by atoms with Gasteiger partial charge in [0.2, 0.25) is 5.82 Å². The first-order valence-electron chi connectivity index (χ1n) is 6.05. The molecule has 20 heavy (non-hydrogen) atoms. The summed E-state index contributed by atoms with van der Waals surface area (Å²) in [4.78, 5) is 14.1. The first-order chi connectivity index (χ1) is 9.45. The largest absolute Gasteiger partial charge is 0.385 e. The zero-order valence-electron chi connectivity index (χ0n) is 10.8. The van der Waals surface area contributed by atoms with Gasteiger partial charge < -0.3 is 15.7 Å². The number of anilines is 2. The van der Waals surface area contributed by atoms with E-state index in [1.807, 2.05) is 6.92 Å². The second-order valence-electron chi connectivity index (χ2n) is 4.03. The van der Waals surface area contributed by atoms with Crippen LogP contribution in [0.25, 0.3) is 0 Å². The predicted octanol–water partition coefficient (Wildman–Crippen LogP) is 1.85. The fourth-order valence-corrected chi connectivity index (χ4v) is 1.37. The number of aliphatic hydroxyl groups is 1. The summed E-state index contributed by atoms with van der Waals surface area (Å²) in [6, 6.07) is 2.66. The van der Waals surface area contributed by atoms with E-state index in [1.54, 1.807) is 0 Å². The Bertz CT molecular complexity index is 459. The smallest absolute Gasteiger partial charge is 0.311 e. The summed E-state index contributed by atoms with van der Waals surface area (Å²) in [5, 5.41) is 25.1. The van der Waals surface area contributed by atoms with Crippen LogP contribution in [0.1, 0.15) is 13.3 Å². The first kappa shape index (κ1) is 16.0. The van der Waals surface area contributed by atoms with Gasteiger partial charge in [0.05, 0.1) is 4.92 Å². The highest BCUT2D eigenvalue weighted by atomic mass is 19.3. The molecule has 0 radical (unpaired) electrons. The molecular formula is C11H16F2N4O3. The minimum Gasteiger partial charge on any atom is -0.385 e. The Labute approximate surface area is 114 Å². The van der Waals surface area contributed by atoms with E-state index in [0.717, 1.165) is 6.42 Å². The van der Waals surface area contributed by atoms with Gasteiger partial charge in [-0.25, -0.2) is 13.8 Å². The minimum atomic E-state index is -2.93. The molecule has 0 amide bonds. The summed E-state index contributed by atoms with van der Waals surface area (Å²) in [7, 11) is 0. The molecule has 1 aromatic rings. The molecule has 9 heteroatoms. The molecule has 1 atom stereocenters. The van der Waals surface area contributed by atoms with Crippen molar-refractivity contribution in [2.45, 2.75) is 25.9 Å². The summed E-state index contributed by atoms with van der Waals surface area (Å²) < 4.78 is 24.4. The van der Waals surface area contributed by atoms with E-state index in [1.165, 1.54) is 12.1 Å². The van der Waals surface area contributed by atoms with E-state index in [2.05, 4.69) is 15.6 Å². The molecule has 0 aliphatic heterocycles. The maximum atomic E-state index is 12.2. The van der Waals surface area contributed by atoms with Gasteiger partial charge in [0.1, 0.15) is 11.9 Å². The Morgan fingerprint density at radius 3 is 2.70 bits per heavy atom. The third kappa shape index (κ3) is 4.57. The Morgan fingerprint density at radius 1 is 1.45 bits per heavy atom. The highest BCUT2D eigenvalue weighted by Crippen LogP contribution is 2.24. The zero-order valence-corrected chi connectivity index (χ0v) is 10.8. The average Bonchev–Trinajstić information content (AvgIpc) is 2.42. The molecule has 0 aromatic carbocycles. The third-order valence-corrected chi connectivity index (χ3v) is 2.40. The second kappa shape index (κ2) is 7.53. The van der Waals surface area contributed by atoms with Crippen LogP contribution in [0.3, 0.4) is 0 Å². The van der Waals surface area contributed by atoms with E-state index in [0.29, 0.717) is 12.4 Å². The number of halogens is 2. The van der Waals surface area contributed by atoms with Gasteiger partial charge in [-0.2, -0.15) is 0 Å². The number of hydrogen-bond donors (Lipinski definition) is 3. The van der Waals surface area contributed by atoms with Crippen molar-refractivity contribution in [3.05, 3.63) is 22.2 Å². The fraction of sp³-hybridized carbons (Fsp3) is 0.545. The summed E-state index contributed by atoms with van der Waals surface area (Å²) in [5.41, 5.74) is -0.339. The lowest BCUT2D eigenvalue weighted by Crippen LogP contribution is -2.27. The van der Waals surface area contributed by atoms with Crippen molar-refractivity contribution in [3.63, 3.8) is 0 Å². The lowest BCUT2D eigenvalue weighted by molar-refractivity contribution is -0.384. The molecule has 0 saturated heterocycles. The number of nitro groups is 1. The topological polar surface area (TPSA) is 100 Å². The first-order valence-corrected chi connectivity index (χ1v) is 6.05. The second-order valence-corrected chi connectivity index (χ2v) is 4.03. The summed E-state index contributed by atoms with van der Waals surface area (Å²) in [5.74, 6) is 0.238. The van der Waals surface area contributed by atoms with E-state index in [4.69, 9.17) is 5.11 Å². The molecule has 1 rings (SSSR count). The van der Waals surface area contributed by atoms with Crippen LogP contribution in [-0.2, 0) is 0 Å². The zero-order chi connectivity index (χ0) is 15.1. The number of pyridine rings is 1. The van der Waals surface area contributed by atoms with Crippen LogP contribution in [0.5, 0.6) is 0 Å². The van der Waals surface area contributed by atoms with Crippen LogP contribution in [0.2, 0.25) is 0 Å². The monoisotopic (exact) mass is 290 g/mol. The summed E-state index contributed by atoms with van der Waals surface area (Å²) in [6.45, 7) is 2.04. The molecule has 3 N–H and O–H groups in total. The van der Waals surface area contributed by atoms with Crippen molar-refractivity contribution in [1.29, 1.82) is 0 Å². The number of rotatable bonds is 8. The fourth-order valence-electron chi connectivity index (χ4n) is 1.37. The van der Waals surface area contributed by atoms with E-state index in [9.17, 15) is 18.9 Å². The van der Waals surface area contributed by atoms with Crippen LogP contribution in [0.15, 0.2) is 12.1 Å². The molecule has 7 nitrogen and oxygen atoms in total. The highest BCUT2D eigenvalue weighted by molar-refractivity contribution is 5.60. The molecule has 112 valence electrons. The van der Waals surface area contributed by atoms with Gasteiger partial charge in [-0.3, -0.25) is 10.1 Å². The molecule has 0 bridgehead atoms. The molecule has 1 unspecified atom stereocenters. The molecule has 0 aliphatic rings. The van der Waals surface area contributed by atoms with Crippen molar-refractivity contribution in [3.8, 4) is 0 Å². The molecule has 1 aromatic heterocycles. The maximum absolute atomic E-state index is 12.2. The predicted molar refractivity (Wildman–Crippen MR) is 70.2 cm³/mol. The van der Waals surface area contributed by atoms with E-state index < -0.39 is 24.0 Å². The number of aromatic nitrogens is 1. The van der Waals surface area contributed by atoms with Gasteiger partial charge >= 0.3 is 5.69 Å². The van der Waals surface area contributed by atoms with Crippen molar-refractivity contribution < 1.29 is 18.8 Å². The van der Waals surface area contributed by atoms with Crippen molar-refractivity contribution >= 4 is 17.3 Å². The lowest BCUT2D eigenvalue weighted by Gasteiger charge is -2.12. The molecule has 1 heterocycles. The molecule has 0 fully saturated rings. The van der Waals surface area contributed by atoms with Crippen LogP contribution in [-0.4, -0.2) is 40.6 Å². The van der Waals surface area contributed by atoms with Gasteiger partial charge in [0, 0.05) is 19.2 Å². The van der Waals surface area contributed by atoms with E-state index >= 15 is 0 Å². The number of aliphatic hydroxyl groups excluding tert-OH is 1. The Balaban J connectivity index is 2.85. The van der Waals surface area contributed by atoms with Gasteiger partial charge in [-0.05, 0) is 12.5 Å². The van der Waals surface area contributed by atoms with Gasteiger partial charge in [0.25, 0.3) is 6.43 Å². The molecular weight excluding hydrogens is 274 g/mol. The van der Waals surface area contributed by atoms with E-state index in [-0.39, 0.29) is 11.5 Å². The molecule has 0 spiro atoms. The van der Waals surface area contributed by atoms with Crippen LogP contribution < -0.4 is 10.6 Å². The Morgan fingerprint density at radius 2 is 2.15 bits per heavy atom. The van der Waals surface area contributed by atoms with Crippen molar-refractivity contribution in [2.24, 2.45) is 0 Å². The SMILES string of the molecule is CCCNc1ccc([N+](=O)[O-])c(NCC(O)C(F)F)n1. The summed E-state index contributed by atoms with van der Waals surface area (Å²) >= 11 is 0. The molecule has 0 saturated carbocycles. The quantitative estimate of drug-likeness (QED) is 0.499. The normalized spacial score (nSPS) is 12.2. The Hall–Kier alpha value is -2.03.